The first-order valence-corrected chi connectivity index (χ1v) is 6.40. The summed E-state index contributed by atoms with van der Waals surface area (Å²) in [4.78, 5) is 14.1. The van der Waals surface area contributed by atoms with Gasteiger partial charge in [0.1, 0.15) is 0 Å². The maximum Gasteiger partial charge on any atom is 0.241 e. The fourth-order valence-electron chi connectivity index (χ4n) is 2.19. The van der Waals surface area contributed by atoms with Crippen LogP contribution in [0.3, 0.4) is 0 Å². The number of hydrogen-bond donors (Lipinski definition) is 2. The van der Waals surface area contributed by atoms with E-state index in [1.807, 2.05) is 33.2 Å². The van der Waals surface area contributed by atoms with Crippen LogP contribution in [0, 0.1) is 6.92 Å². The summed E-state index contributed by atoms with van der Waals surface area (Å²) >= 11 is 0. The van der Waals surface area contributed by atoms with Gasteiger partial charge in [0.25, 0.3) is 0 Å². The predicted molar refractivity (Wildman–Crippen MR) is 75.2 cm³/mol. The SMILES string of the molecule is Cc1cc(N(C)C)ccc1NC(=O)[C@@H]1CCCN1. The second-order valence-corrected chi connectivity index (χ2v) is 5.03. The lowest BCUT2D eigenvalue weighted by atomic mass is 10.1. The van der Waals surface area contributed by atoms with Crippen LogP contribution >= 0.6 is 0 Å². The van der Waals surface area contributed by atoms with Crippen molar-refractivity contribution in [2.45, 2.75) is 25.8 Å². The van der Waals surface area contributed by atoms with E-state index < -0.39 is 0 Å². The Morgan fingerprint density at radius 1 is 1.44 bits per heavy atom. The zero-order valence-electron chi connectivity index (χ0n) is 11.3. The summed E-state index contributed by atoms with van der Waals surface area (Å²) in [6.45, 7) is 2.96. The van der Waals surface area contributed by atoms with Gasteiger partial charge in [-0.1, -0.05) is 0 Å². The lowest BCUT2D eigenvalue weighted by Gasteiger charge is -2.17. The van der Waals surface area contributed by atoms with E-state index in [1.54, 1.807) is 0 Å². The minimum atomic E-state index is -0.0297. The zero-order valence-corrected chi connectivity index (χ0v) is 11.3. The molecule has 1 aromatic carbocycles. The summed E-state index contributed by atoms with van der Waals surface area (Å²) in [5.41, 5.74) is 3.14. The summed E-state index contributed by atoms with van der Waals surface area (Å²) in [6, 6.07) is 6.04. The average Bonchev–Trinajstić information content (AvgIpc) is 2.85. The molecule has 4 nitrogen and oxygen atoms in total. The molecule has 0 saturated carbocycles. The van der Waals surface area contributed by atoms with Crippen molar-refractivity contribution in [3.05, 3.63) is 23.8 Å². The third-order valence-electron chi connectivity index (χ3n) is 3.36. The van der Waals surface area contributed by atoms with Crippen LogP contribution in [-0.2, 0) is 4.79 Å². The van der Waals surface area contributed by atoms with Gasteiger partial charge in [0.05, 0.1) is 6.04 Å². The van der Waals surface area contributed by atoms with Gasteiger partial charge in [0, 0.05) is 25.5 Å². The average molecular weight is 247 g/mol. The van der Waals surface area contributed by atoms with Gasteiger partial charge in [-0.25, -0.2) is 0 Å². The van der Waals surface area contributed by atoms with Gasteiger partial charge in [-0.05, 0) is 50.1 Å². The van der Waals surface area contributed by atoms with Gasteiger partial charge in [-0.15, -0.1) is 0 Å². The monoisotopic (exact) mass is 247 g/mol. The molecule has 1 aliphatic heterocycles. The fraction of sp³-hybridized carbons (Fsp3) is 0.500. The van der Waals surface area contributed by atoms with Crippen LogP contribution in [0.5, 0.6) is 0 Å². The van der Waals surface area contributed by atoms with Crippen molar-refractivity contribution >= 4 is 17.3 Å². The third kappa shape index (κ3) is 2.82. The summed E-state index contributed by atoms with van der Waals surface area (Å²) in [5.74, 6) is 0.0770. The van der Waals surface area contributed by atoms with Gasteiger partial charge in [-0.2, -0.15) is 0 Å². The molecule has 0 unspecified atom stereocenters. The van der Waals surface area contributed by atoms with E-state index in [4.69, 9.17) is 0 Å². The second kappa shape index (κ2) is 5.40. The van der Waals surface area contributed by atoms with Gasteiger partial charge >= 0.3 is 0 Å². The molecule has 18 heavy (non-hydrogen) atoms. The molecule has 1 fully saturated rings. The Morgan fingerprint density at radius 2 is 2.22 bits per heavy atom. The van der Waals surface area contributed by atoms with Crippen molar-refractivity contribution in [2.24, 2.45) is 0 Å². The number of nitrogens with one attached hydrogen (secondary N) is 2. The molecule has 98 valence electrons. The van der Waals surface area contributed by atoms with Crippen molar-refractivity contribution < 1.29 is 4.79 Å². The number of nitrogens with zero attached hydrogens (tertiary/aromatic N) is 1. The summed E-state index contributed by atoms with van der Waals surface area (Å²) < 4.78 is 0. The van der Waals surface area contributed by atoms with Gasteiger partial charge in [-0.3, -0.25) is 4.79 Å². The minimum absolute atomic E-state index is 0.0297. The van der Waals surface area contributed by atoms with Crippen LogP contribution in [0.15, 0.2) is 18.2 Å². The Balaban J connectivity index is 2.07. The highest BCUT2D eigenvalue weighted by Gasteiger charge is 2.22. The number of benzene rings is 1. The van der Waals surface area contributed by atoms with E-state index in [0.717, 1.165) is 36.3 Å². The molecular formula is C14H21N3O. The highest BCUT2D eigenvalue weighted by Crippen LogP contribution is 2.21. The second-order valence-electron chi connectivity index (χ2n) is 5.03. The molecule has 4 heteroatoms. The van der Waals surface area contributed by atoms with Crippen molar-refractivity contribution in [1.82, 2.24) is 5.32 Å². The van der Waals surface area contributed by atoms with E-state index in [2.05, 4.69) is 21.6 Å². The molecule has 0 aliphatic carbocycles. The molecule has 1 aliphatic rings. The Morgan fingerprint density at radius 3 is 2.78 bits per heavy atom. The number of anilines is 2. The lowest BCUT2D eigenvalue weighted by molar-refractivity contribution is -0.117. The van der Waals surface area contributed by atoms with Crippen LogP contribution in [0.25, 0.3) is 0 Å². The Labute approximate surface area is 108 Å². The number of aryl methyl sites for hydroxylation is 1. The first-order valence-electron chi connectivity index (χ1n) is 6.40. The summed E-state index contributed by atoms with van der Waals surface area (Å²) in [6.07, 6.45) is 2.01. The molecule has 2 N–H and O–H groups in total. The first-order chi connectivity index (χ1) is 8.58. The van der Waals surface area contributed by atoms with Crippen molar-refractivity contribution in [3.63, 3.8) is 0 Å². The van der Waals surface area contributed by atoms with Gasteiger partial charge < -0.3 is 15.5 Å². The van der Waals surface area contributed by atoms with Crippen LogP contribution in [0.4, 0.5) is 11.4 Å². The van der Waals surface area contributed by atoms with Crippen LogP contribution in [0.2, 0.25) is 0 Å². The number of hydrogen-bond acceptors (Lipinski definition) is 3. The highest BCUT2D eigenvalue weighted by atomic mass is 16.2. The van der Waals surface area contributed by atoms with Crippen molar-refractivity contribution in [3.8, 4) is 0 Å². The molecule has 1 saturated heterocycles. The highest BCUT2D eigenvalue weighted by molar-refractivity contribution is 5.95. The Bertz CT molecular complexity index is 437. The van der Waals surface area contributed by atoms with Gasteiger partial charge in [0.15, 0.2) is 0 Å². The van der Waals surface area contributed by atoms with E-state index in [0.29, 0.717) is 0 Å². The van der Waals surface area contributed by atoms with Crippen molar-refractivity contribution in [2.75, 3.05) is 30.9 Å². The number of rotatable bonds is 3. The molecule has 1 aromatic rings. The van der Waals surface area contributed by atoms with E-state index >= 15 is 0 Å². The number of carbonyl (C=O) groups is 1. The molecule has 0 aromatic heterocycles. The van der Waals surface area contributed by atoms with Crippen LogP contribution in [-0.4, -0.2) is 32.6 Å². The van der Waals surface area contributed by atoms with E-state index in [-0.39, 0.29) is 11.9 Å². The molecule has 1 amide bonds. The maximum atomic E-state index is 12.0. The molecular weight excluding hydrogens is 226 g/mol. The lowest BCUT2D eigenvalue weighted by Crippen LogP contribution is -2.35. The molecule has 2 rings (SSSR count). The molecule has 0 spiro atoms. The van der Waals surface area contributed by atoms with E-state index in [1.165, 1.54) is 0 Å². The molecule has 0 bridgehead atoms. The number of amides is 1. The largest absolute Gasteiger partial charge is 0.378 e. The predicted octanol–water partition coefficient (Wildman–Crippen LogP) is 1.75. The molecule has 1 atom stereocenters. The standard InChI is InChI=1S/C14H21N3O/c1-10-9-11(17(2)3)6-7-12(10)16-14(18)13-5-4-8-15-13/h6-7,9,13,15H,4-5,8H2,1-3H3,(H,16,18)/t13-/m0/s1. The smallest absolute Gasteiger partial charge is 0.241 e. The molecule has 1 heterocycles. The van der Waals surface area contributed by atoms with Gasteiger partial charge in [0.2, 0.25) is 5.91 Å². The number of carbonyl (C=O) groups excluding carboxylic acids is 1. The fourth-order valence-corrected chi connectivity index (χ4v) is 2.19. The minimum Gasteiger partial charge on any atom is -0.378 e. The maximum absolute atomic E-state index is 12.0. The van der Waals surface area contributed by atoms with Crippen molar-refractivity contribution in [1.29, 1.82) is 0 Å². The van der Waals surface area contributed by atoms with E-state index in [9.17, 15) is 4.79 Å². The zero-order chi connectivity index (χ0) is 13.1. The van der Waals surface area contributed by atoms with Crippen LogP contribution in [0.1, 0.15) is 18.4 Å². The molecule has 0 radical (unpaired) electrons. The first kappa shape index (κ1) is 12.9. The summed E-state index contributed by atoms with van der Waals surface area (Å²) in [7, 11) is 4.02. The summed E-state index contributed by atoms with van der Waals surface area (Å²) in [5, 5.41) is 6.20. The quantitative estimate of drug-likeness (QED) is 0.855. The third-order valence-corrected chi connectivity index (χ3v) is 3.36. The normalized spacial score (nSPS) is 18.7. The Kier molecular flexibility index (Phi) is 3.87. The Hall–Kier alpha value is -1.55. The van der Waals surface area contributed by atoms with Crippen LogP contribution < -0.4 is 15.5 Å². The topological polar surface area (TPSA) is 44.4 Å².